The van der Waals surface area contributed by atoms with Crippen molar-refractivity contribution >= 4 is 11.9 Å². The SMILES string of the molecule is CCCN(CCC(=O)NC)CC(=O)O. The Labute approximate surface area is 84.1 Å². The van der Waals surface area contributed by atoms with Gasteiger partial charge in [0.05, 0.1) is 6.54 Å². The van der Waals surface area contributed by atoms with Crippen LogP contribution in [0.25, 0.3) is 0 Å². The Morgan fingerprint density at radius 1 is 1.36 bits per heavy atom. The number of hydrogen-bond donors (Lipinski definition) is 2. The number of aliphatic carboxylic acids is 1. The zero-order valence-corrected chi connectivity index (χ0v) is 8.75. The minimum absolute atomic E-state index is 0.00480. The number of carbonyl (C=O) groups excluding carboxylic acids is 1. The first-order valence-electron chi connectivity index (χ1n) is 4.74. The number of amides is 1. The normalized spacial score (nSPS) is 10.2. The third-order valence-corrected chi connectivity index (χ3v) is 1.83. The van der Waals surface area contributed by atoms with Crippen molar-refractivity contribution in [1.82, 2.24) is 10.2 Å². The Morgan fingerprint density at radius 3 is 2.43 bits per heavy atom. The largest absolute Gasteiger partial charge is 0.480 e. The van der Waals surface area contributed by atoms with Gasteiger partial charge in [-0.1, -0.05) is 6.92 Å². The standard InChI is InChI=1S/C9H18N2O3/c1-3-5-11(7-9(13)14)6-4-8(12)10-2/h3-7H2,1-2H3,(H,10,12)(H,13,14). The van der Waals surface area contributed by atoms with Gasteiger partial charge in [0.25, 0.3) is 0 Å². The van der Waals surface area contributed by atoms with Crippen LogP contribution >= 0.6 is 0 Å². The van der Waals surface area contributed by atoms with E-state index in [2.05, 4.69) is 5.32 Å². The highest BCUT2D eigenvalue weighted by Gasteiger charge is 2.09. The van der Waals surface area contributed by atoms with Crippen LogP contribution in [0.2, 0.25) is 0 Å². The lowest BCUT2D eigenvalue weighted by Gasteiger charge is -2.18. The molecule has 2 N–H and O–H groups in total. The molecule has 0 rings (SSSR count). The lowest BCUT2D eigenvalue weighted by atomic mass is 10.3. The van der Waals surface area contributed by atoms with E-state index in [0.29, 0.717) is 19.5 Å². The van der Waals surface area contributed by atoms with E-state index in [1.165, 1.54) is 0 Å². The highest BCUT2D eigenvalue weighted by molar-refractivity contribution is 5.75. The van der Waals surface area contributed by atoms with Gasteiger partial charge < -0.3 is 10.4 Å². The van der Waals surface area contributed by atoms with Gasteiger partial charge in [0.2, 0.25) is 5.91 Å². The van der Waals surface area contributed by atoms with Crippen LogP contribution in [-0.4, -0.2) is 48.6 Å². The maximum Gasteiger partial charge on any atom is 0.317 e. The van der Waals surface area contributed by atoms with E-state index in [1.54, 1.807) is 11.9 Å². The molecule has 0 radical (unpaired) electrons. The molecule has 0 saturated carbocycles. The summed E-state index contributed by atoms with van der Waals surface area (Å²) in [6.07, 6.45) is 1.24. The van der Waals surface area contributed by atoms with Crippen LogP contribution in [0.5, 0.6) is 0 Å². The first-order chi connectivity index (χ1) is 6.60. The number of nitrogens with one attached hydrogen (secondary N) is 1. The van der Waals surface area contributed by atoms with Crippen molar-refractivity contribution in [2.75, 3.05) is 26.7 Å². The van der Waals surface area contributed by atoms with Crippen molar-refractivity contribution in [3.8, 4) is 0 Å². The van der Waals surface area contributed by atoms with Crippen molar-refractivity contribution in [3.63, 3.8) is 0 Å². The second-order valence-electron chi connectivity index (χ2n) is 3.09. The molecule has 0 aromatic rings. The summed E-state index contributed by atoms with van der Waals surface area (Å²) in [6, 6.07) is 0. The lowest BCUT2D eigenvalue weighted by Crippen LogP contribution is -2.34. The molecule has 0 atom stereocenters. The van der Waals surface area contributed by atoms with Crippen molar-refractivity contribution in [2.45, 2.75) is 19.8 Å². The number of carboxylic acids is 1. The molecule has 5 nitrogen and oxygen atoms in total. The third kappa shape index (κ3) is 6.42. The Bertz CT molecular complexity index is 194. The van der Waals surface area contributed by atoms with Gasteiger partial charge in [-0.15, -0.1) is 0 Å². The lowest BCUT2D eigenvalue weighted by molar-refractivity contribution is -0.138. The van der Waals surface area contributed by atoms with Gasteiger partial charge in [-0.05, 0) is 13.0 Å². The molecule has 0 aliphatic rings. The summed E-state index contributed by atoms with van der Waals surface area (Å²) in [4.78, 5) is 23.1. The Kier molecular flexibility index (Phi) is 6.74. The summed E-state index contributed by atoms with van der Waals surface area (Å²) in [5.74, 6) is -0.910. The molecule has 0 aliphatic heterocycles. The molecule has 14 heavy (non-hydrogen) atoms. The Morgan fingerprint density at radius 2 is 2.00 bits per heavy atom. The minimum atomic E-state index is -0.852. The van der Waals surface area contributed by atoms with Gasteiger partial charge >= 0.3 is 5.97 Å². The molecule has 0 aromatic carbocycles. The second kappa shape index (κ2) is 7.32. The first-order valence-corrected chi connectivity index (χ1v) is 4.74. The van der Waals surface area contributed by atoms with Crippen LogP contribution in [0.1, 0.15) is 19.8 Å². The molecule has 0 aliphatic carbocycles. The predicted octanol–water partition coefficient (Wildman–Crippen LogP) is -0.0809. The summed E-state index contributed by atoms with van der Waals surface area (Å²) in [5.41, 5.74) is 0. The van der Waals surface area contributed by atoms with Gasteiger partial charge in [-0.25, -0.2) is 0 Å². The molecule has 5 heteroatoms. The number of rotatable bonds is 7. The van der Waals surface area contributed by atoms with E-state index in [1.807, 2.05) is 6.92 Å². The summed E-state index contributed by atoms with van der Waals surface area (Å²) in [5, 5.41) is 11.1. The fourth-order valence-electron chi connectivity index (χ4n) is 1.16. The second-order valence-corrected chi connectivity index (χ2v) is 3.09. The average molecular weight is 202 g/mol. The highest BCUT2D eigenvalue weighted by Crippen LogP contribution is 1.94. The summed E-state index contributed by atoms with van der Waals surface area (Å²) >= 11 is 0. The molecule has 82 valence electrons. The quantitative estimate of drug-likeness (QED) is 0.606. The summed E-state index contributed by atoms with van der Waals surface area (Å²) < 4.78 is 0. The fraction of sp³-hybridized carbons (Fsp3) is 0.778. The number of hydrogen-bond acceptors (Lipinski definition) is 3. The molecule has 0 saturated heterocycles. The molecular weight excluding hydrogens is 184 g/mol. The molecule has 0 bridgehead atoms. The topological polar surface area (TPSA) is 69.6 Å². The van der Waals surface area contributed by atoms with Gasteiger partial charge in [0.15, 0.2) is 0 Å². The highest BCUT2D eigenvalue weighted by atomic mass is 16.4. The maximum atomic E-state index is 10.9. The van der Waals surface area contributed by atoms with Crippen molar-refractivity contribution in [2.24, 2.45) is 0 Å². The smallest absolute Gasteiger partial charge is 0.317 e. The zero-order valence-electron chi connectivity index (χ0n) is 8.75. The molecule has 0 spiro atoms. The molecular formula is C9H18N2O3. The average Bonchev–Trinajstić information content (AvgIpc) is 2.13. The van der Waals surface area contributed by atoms with Gasteiger partial charge in [-0.3, -0.25) is 14.5 Å². The number of carbonyl (C=O) groups is 2. The van der Waals surface area contributed by atoms with E-state index < -0.39 is 5.97 Å². The van der Waals surface area contributed by atoms with E-state index in [0.717, 1.165) is 6.42 Å². The van der Waals surface area contributed by atoms with Crippen LogP contribution in [0.3, 0.4) is 0 Å². The van der Waals surface area contributed by atoms with Crippen molar-refractivity contribution in [3.05, 3.63) is 0 Å². The summed E-state index contributed by atoms with van der Waals surface area (Å²) in [6.45, 7) is 3.20. The van der Waals surface area contributed by atoms with Gasteiger partial charge in [0, 0.05) is 20.0 Å². The van der Waals surface area contributed by atoms with Crippen LogP contribution in [0, 0.1) is 0 Å². The molecule has 0 aromatic heterocycles. The minimum Gasteiger partial charge on any atom is -0.480 e. The first kappa shape index (κ1) is 12.9. The van der Waals surface area contributed by atoms with Crippen molar-refractivity contribution in [1.29, 1.82) is 0 Å². The Balaban J connectivity index is 3.83. The maximum absolute atomic E-state index is 10.9. The van der Waals surface area contributed by atoms with Gasteiger partial charge in [-0.2, -0.15) is 0 Å². The molecule has 0 heterocycles. The van der Waals surface area contributed by atoms with E-state index in [-0.39, 0.29) is 12.5 Å². The van der Waals surface area contributed by atoms with Crippen LogP contribution in [0.15, 0.2) is 0 Å². The summed E-state index contributed by atoms with van der Waals surface area (Å²) in [7, 11) is 1.57. The van der Waals surface area contributed by atoms with E-state index in [4.69, 9.17) is 5.11 Å². The monoisotopic (exact) mass is 202 g/mol. The van der Waals surface area contributed by atoms with E-state index >= 15 is 0 Å². The zero-order chi connectivity index (χ0) is 11.0. The number of nitrogens with zero attached hydrogens (tertiary/aromatic N) is 1. The van der Waals surface area contributed by atoms with Crippen LogP contribution in [0.4, 0.5) is 0 Å². The third-order valence-electron chi connectivity index (χ3n) is 1.83. The van der Waals surface area contributed by atoms with E-state index in [9.17, 15) is 9.59 Å². The molecule has 0 unspecified atom stereocenters. The van der Waals surface area contributed by atoms with Crippen LogP contribution < -0.4 is 5.32 Å². The van der Waals surface area contributed by atoms with Crippen molar-refractivity contribution < 1.29 is 14.7 Å². The van der Waals surface area contributed by atoms with Gasteiger partial charge in [0.1, 0.15) is 0 Å². The van der Waals surface area contributed by atoms with Crippen LogP contribution in [-0.2, 0) is 9.59 Å². The molecule has 0 fully saturated rings. The number of carboxylic acid groups (broad SMARTS) is 1. The Hall–Kier alpha value is -1.10. The predicted molar refractivity (Wildman–Crippen MR) is 53.1 cm³/mol. The molecule has 1 amide bonds. The fourth-order valence-corrected chi connectivity index (χ4v) is 1.16.